The van der Waals surface area contributed by atoms with Crippen LogP contribution in [0.15, 0.2) is 16.7 Å². The van der Waals surface area contributed by atoms with Gasteiger partial charge in [-0.1, -0.05) is 12.8 Å². The zero-order valence-electron chi connectivity index (χ0n) is 12.7. The molecule has 2 fully saturated rings. The molecule has 0 spiro atoms. The van der Waals surface area contributed by atoms with Crippen LogP contribution < -0.4 is 0 Å². The topological polar surface area (TPSA) is 45.9 Å². The molecule has 0 atom stereocenters. The molecule has 1 aromatic rings. The van der Waals surface area contributed by atoms with Crippen LogP contribution in [0.25, 0.3) is 0 Å². The third-order valence-electron chi connectivity index (χ3n) is 4.76. The standard InChI is InChI=1S/C16H24N2O3/c1-20-16(19)15-13(6-11-21-15)12-17-7-9-18(10-8-17)14-4-2-3-5-14/h6,11,14H,2-5,7-10,12H2,1H3. The van der Waals surface area contributed by atoms with E-state index in [1.54, 1.807) is 6.26 Å². The highest BCUT2D eigenvalue weighted by atomic mass is 16.5. The highest BCUT2D eigenvalue weighted by molar-refractivity contribution is 5.87. The Kier molecular flexibility index (Phi) is 4.60. The van der Waals surface area contributed by atoms with Gasteiger partial charge >= 0.3 is 5.97 Å². The van der Waals surface area contributed by atoms with Crippen molar-refractivity contribution >= 4 is 5.97 Å². The van der Waals surface area contributed by atoms with E-state index in [2.05, 4.69) is 9.80 Å². The number of nitrogens with zero attached hydrogens (tertiary/aromatic N) is 2. The summed E-state index contributed by atoms with van der Waals surface area (Å²) >= 11 is 0. The highest BCUT2D eigenvalue weighted by Gasteiger charge is 2.27. The fourth-order valence-corrected chi connectivity index (χ4v) is 3.53. The van der Waals surface area contributed by atoms with Gasteiger partial charge in [0.1, 0.15) is 0 Å². The number of furan rings is 1. The van der Waals surface area contributed by atoms with E-state index in [-0.39, 0.29) is 5.97 Å². The van der Waals surface area contributed by atoms with Gasteiger partial charge in [-0.25, -0.2) is 4.79 Å². The molecule has 0 bridgehead atoms. The third kappa shape index (κ3) is 3.30. The Balaban J connectivity index is 1.53. The van der Waals surface area contributed by atoms with Crippen LogP contribution in [0, 0.1) is 0 Å². The first-order chi connectivity index (χ1) is 10.3. The average Bonchev–Trinajstić information content (AvgIpc) is 3.18. The number of piperazine rings is 1. The fraction of sp³-hybridized carbons (Fsp3) is 0.688. The number of hydrogen-bond donors (Lipinski definition) is 0. The molecule has 0 unspecified atom stereocenters. The van der Waals surface area contributed by atoms with Crippen LogP contribution in [0.2, 0.25) is 0 Å². The molecule has 1 aliphatic heterocycles. The SMILES string of the molecule is COC(=O)c1occc1CN1CCN(C2CCCC2)CC1. The average molecular weight is 292 g/mol. The minimum absolute atomic E-state index is 0.343. The molecule has 1 saturated heterocycles. The van der Waals surface area contributed by atoms with Crippen molar-refractivity contribution in [1.29, 1.82) is 0 Å². The number of carbonyl (C=O) groups is 1. The summed E-state index contributed by atoms with van der Waals surface area (Å²) in [6, 6.07) is 2.68. The van der Waals surface area contributed by atoms with Gasteiger partial charge in [0.2, 0.25) is 5.76 Å². The first-order valence-electron chi connectivity index (χ1n) is 7.89. The molecule has 5 nitrogen and oxygen atoms in total. The number of hydrogen-bond acceptors (Lipinski definition) is 5. The molecule has 0 N–H and O–H groups in total. The van der Waals surface area contributed by atoms with E-state index in [1.807, 2.05) is 6.07 Å². The Hall–Kier alpha value is -1.33. The maximum absolute atomic E-state index is 11.6. The normalized spacial score (nSPS) is 21.8. The molecular formula is C16H24N2O3. The second kappa shape index (κ2) is 6.62. The Morgan fingerprint density at radius 1 is 1.29 bits per heavy atom. The molecule has 0 aromatic carbocycles. The van der Waals surface area contributed by atoms with Gasteiger partial charge in [-0.2, -0.15) is 0 Å². The number of ether oxygens (including phenoxy) is 1. The molecule has 21 heavy (non-hydrogen) atoms. The lowest BCUT2D eigenvalue weighted by molar-refractivity contribution is 0.0558. The van der Waals surface area contributed by atoms with E-state index < -0.39 is 0 Å². The molecule has 1 aliphatic carbocycles. The molecule has 5 heteroatoms. The van der Waals surface area contributed by atoms with E-state index in [0.29, 0.717) is 5.76 Å². The predicted octanol–water partition coefficient (Wildman–Crippen LogP) is 2.13. The summed E-state index contributed by atoms with van der Waals surface area (Å²) in [5, 5.41) is 0. The Morgan fingerprint density at radius 2 is 2.00 bits per heavy atom. The minimum Gasteiger partial charge on any atom is -0.463 e. The van der Waals surface area contributed by atoms with Gasteiger partial charge in [-0.3, -0.25) is 9.80 Å². The van der Waals surface area contributed by atoms with Crippen molar-refractivity contribution in [1.82, 2.24) is 9.80 Å². The van der Waals surface area contributed by atoms with Gasteiger partial charge in [-0.15, -0.1) is 0 Å². The number of rotatable bonds is 4. The van der Waals surface area contributed by atoms with Crippen molar-refractivity contribution < 1.29 is 13.9 Å². The lowest BCUT2D eigenvalue weighted by atomic mass is 10.1. The molecule has 1 aromatic heterocycles. The monoisotopic (exact) mass is 292 g/mol. The van der Waals surface area contributed by atoms with E-state index in [1.165, 1.54) is 32.8 Å². The number of esters is 1. The first kappa shape index (κ1) is 14.6. The van der Waals surface area contributed by atoms with Gasteiger partial charge in [0.05, 0.1) is 13.4 Å². The van der Waals surface area contributed by atoms with Crippen LogP contribution in [0.4, 0.5) is 0 Å². The Morgan fingerprint density at radius 3 is 2.67 bits per heavy atom. The smallest absolute Gasteiger partial charge is 0.374 e. The van der Waals surface area contributed by atoms with Crippen molar-refractivity contribution in [2.45, 2.75) is 38.3 Å². The van der Waals surface area contributed by atoms with Gasteiger partial charge in [0, 0.05) is 44.3 Å². The highest BCUT2D eigenvalue weighted by Crippen LogP contribution is 2.25. The van der Waals surface area contributed by atoms with Crippen molar-refractivity contribution in [3.8, 4) is 0 Å². The largest absolute Gasteiger partial charge is 0.463 e. The van der Waals surface area contributed by atoms with Gasteiger partial charge in [0.25, 0.3) is 0 Å². The van der Waals surface area contributed by atoms with Crippen molar-refractivity contribution in [2.24, 2.45) is 0 Å². The van der Waals surface area contributed by atoms with Crippen molar-refractivity contribution in [2.75, 3.05) is 33.3 Å². The van der Waals surface area contributed by atoms with E-state index >= 15 is 0 Å². The zero-order valence-corrected chi connectivity index (χ0v) is 12.7. The van der Waals surface area contributed by atoms with Crippen LogP contribution in [0.3, 0.4) is 0 Å². The van der Waals surface area contributed by atoms with E-state index in [4.69, 9.17) is 9.15 Å². The van der Waals surface area contributed by atoms with Crippen LogP contribution in [0.1, 0.15) is 41.8 Å². The van der Waals surface area contributed by atoms with E-state index in [0.717, 1.165) is 44.3 Å². The van der Waals surface area contributed by atoms with E-state index in [9.17, 15) is 4.79 Å². The van der Waals surface area contributed by atoms with Gasteiger partial charge in [-0.05, 0) is 18.9 Å². The zero-order chi connectivity index (χ0) is 14.7. The molecule has 1 saturated carbocycles. The number of methoxy groups -OCH3 is 1. The first-order valence-corrected chi connectivity index (χ1v) is 7.89. The lowest BCUT2D eigenvalue weighted by Gasteiger charge is -2.38. The third-order valence-corrected chi connectivity index (χ3v) is 4.76. The van der Waals surface area contributed by atoms with Crippen LogP contribution in [0.5, 0.6) is 0 Å². The molecule has 0 amide bonds. The second-order valence-electron chi connectivity index (χ2n) is 6.02. The Labute approximate surface area is 125 Å². The summed E-state index contributed by atoms with van der Waals surface area (Å²) in [4.78, 5) is 16.7. The quantitative estimate of drug-likeness (QED) is 0.796. The summed E-state index contributed by atoms with van der Waals surface area (Å²) in [6.45, 7) is 5.15. The van der Waals surface area contributed by atoms with Crippen molar-refractivity contribution in [3.63, 3.8) is 0 Å². The molecular weight excluding hydrogens is 268 g/mol. The molecule has 3 rings (SSSR count). The fourth-order valence-electron chi connectivity index (χ4n) is 3.53. The van der Waals surface area contributed by atoms with Crippen molar-refractivity contribution in [3.05, 3.63) is 23.7 Å². The summed E-state index contributed by atoms with van der Waals surface area (Å²) in [5.74, 6) is -0.0460. The maximum atomic E-state index is 11.6. The van der Waals surface area contributed by atoms with Gasteiger partial charge in [0.15, 0.2) is 0 Å². The number of carbonyl (C=O) groups excluding carboxylic acids is 1. The molecule has 2 heterocycles. The molecule has 0 radical (unpaired) electrons. The minimum atomic E-state index is -0.389. The summed E-state index contributed by atoms with van der Waals surface area (Å²) in [7, 11) is 1.38. The summed E-state index contributed by atoms with van der Waals surface area (Å²) < 4.78 is 10.00. The van der Waals surface area contributed by atoms with Gasteiger partial charge < -0.3 is 9.15 Å². The lowest BCUT2D eigenvalue weighted by Crippen LogP contribution is -2.49. The van der Waals surface area contributed by atoms with Crippen LogP contribution in [-0.4, -0.2) is 55.1 Å². The summed E-state index contributed by atoms with van der Waals surface area (Å²) in [5.41, 5.74) is 0.927. The van der Waals surface area contributed by atoms with Crippen LogP contribution in [-0.2, 0) is 11.3 Å². The predicted molar refractivity (Wildman–Crippen MR) is 79.2 cm³/mol. The summed E-state index contributed by atoms with van der Waals surface area (Å²) in [6.07, 6.45) is 7.09. The maximum Gasteiger partial charge on any atom is 0.374 e. The molecule has 2 aliphatic rings. The Bertz CT molecular complexity index is 472. The molecule has 116 valence electrons. The van der Waals surface area contributed by atoms with Crippen LogP contribution >= 0.6 is 0 Å². The second-order valence-corrected chi connectivity index (χ2v) is 6.02.